The zero-order valence-electron chi connectivity index (χ0n) is 18.1. The maximum atomic E-state index is 13.0. The summed E-state index contributed by atoms with van der Waals surface area (Å²) in [5.74, 6) is 0.828. The van der Waals surface area contributed by atoms with Crippen molar-refractivity contribution in [3.05, 3.63) is 57.6 Å². The van der Waals surface area contributed by atoms with Crippen molar-refractivity contribution in [1.29, 1.82) is 0 Å². The lowest BCUT2D eigenvalue weighted by Crippen LogP contribution is -2.40. The van der Waals surface area contributed by atoms with Gasteiger partial charge in [0.15, 0.2) is 17.3 Å². The summed E-state index contributed by atoms with van der Waals surface area (Å²) in [5, 5.41) is 14.6. The Morgan fingerprint density at radius 1 is 0.939 bits per heavy atom. The molecular formula is C24H25N3O6. The van der Waals surface area contributed by atoms with Crippen molar-refractivity contribution >= 4 is 23.1 Å². The van der Waals surface area contributed by atoms with Gasteiger partial charge in [0, 0.05) is 42.2 Å². The molecule has 0 spiro atoms. The van der Waals surface area contributed by atoms with E-state index in [4.69, 9.17) is 9.47 Å². The molecule has 3 aliphatic rings. The second kappa shape index (κ2) is 8.73. The van der Waals surface area contributed by atoms with E-state index in [2.05, 4.69) is 5.32 Å². The zero-order chi connectivity index (χ0) is 22.9. The van der Waals surface area contributed by atoms with Crippen molar-refractivity contribution in [3.63, 3.8) is 0 Å². The number of nitro groups is 1. The van der Waals surface area contributed by atoms with Crippen LogP contribution in [0, 0.1) is 16.0 Å². The molecule has 1 saturated heterocycles. The van der Waals surface area contributed by atoms with Crippen LogP contribution in [0.3, 0.4) is 0 Å². The maximum Gasteiger partial charge on any atom is 0.293 e. The van der Waals surface area contributed by atoms with Gasteiger partial charge in [-0.2, -0.15) is 0 Å². The smallest absolute Gasteiger partial charge is 0.293 e. The van der Waals surface area contributed by atoms with Crippen LogP contribution in [-0.2, 0) is 0 Å². The Bertz CT molecular complexity index is 1110. The second-order valence-corrected chi connectivity index (χ2v) is 8.70. The first kappa shape index (κ1) is 21.2. The lowest BCUT2D eigenvalue weighted by molar-refractivity contribution is -0.384. The predicted molar refractivity (Wildman–Crippen MR) is 120 cm³/mol. The first-order chi connectivity index (χ1) is 16.0. The highest BCUT2D eigenvalue weighted by molar-refractivity contribution is 5.99. The molecule has 9 heteroatoms. The number of benzene rings is 2. The van der Waals surface area contributed by atoms with E-state index in [-0.39, 0.29) is 29.3 Å². The molecule has 0 unspecified atom stereocenters. The largest absolute Gasteiger partial charge is 0.486 e. The SMILES string of the molecule is O=C(c1ccc2c(c1)OCCO2)C1CCN(C(=O)c2ccc(NC3CC3)c([N+](=O)[O-])c2)CC1. The molecule has 2 aromatic carbocycles. The van der Waals surface area contributed by atoms with E-state index in [0.29, 0.717) is 67.5 Å². The summed E-state index contributed by atoms with van der Waals surface area (Å²) in [6.45, 7) is 1.81. The molecule has 0 atom stereocenters. The molecule has 1 amide bonds. The number of nitrogens with one attached hydrogen (secondary N) is 1. The van der Waals surface area contributed by atoms with Crippen molar-refractivity contribution in [1.82, 2.24) is 4.90 Å². The van der Waals surface area contributed by atoms with Crippen LogP contribution in [0.15, 0.2) is 36.4 Å². The standard InChI is InChI=1S/C24H25N3O6/c28-23(16-2-6-21-22(14-16)33-12-11-32-21)15-7-9-26(10-8-15)24(29)17-1-5-19(25-18-3-4-18)20(13-17)27(30)31/h1-2,5-6,13-15,18,25H,3-4,7-12H2. The van der Waals surface area contributed by atoms with E-state index < -0.39 is 4.92 Å². The molecule has 2 heterocycles. The van der Waals surface area contributed by atoms with Gasteiger partial charge in [-0.15, -0.1) is 0 Å². The normalized spacial score (nSPS) is 18.0. The van der Waals surface area contributed by atoms with Gasteiger partial charge in [-0.3, -0.25) is 19.7 Å². The fourth-order valence-corrected chi connectivity index (χ4v) is 4.35. The number of likely N-dealkylation sites (tertiary alicyclic amines) is 1. The zero-order valence-corrected chi connectivity index (χ0v) is 18.1. The van der Waals surface area contributed by atoms with E-state index in [9.17, 15) is 19.7 Å². The molecule has 5 rings (SSSR count). The monoisotopic (exact) mass is 451 g/mol. The van der Waals surface area contributed by atoms with E-state index in [1.54, 1.807) is 35.2 Å². The van der Waals surface area contributed by atoms with Gasteiger partial charge in [-0.25, -0.2) is 0 Å². The van der Waals surface area contributed by atoms with Crippen LogP contribution in [0.25, 0.3) is 0 Å². The fraction of sp³-hybridized carbons (Fsp3) is 0.417. The van der Waals surface area contributed by atoms with E-state index >= 15 is 0 Å². The lowest BCUT2D eigenvalue weighted by atomic mass is 9.88. The van der Waals surface area contributed by atoms with Gasteiger partial charge in [0.2, 0.25) is 0 Å². The molecule has 1 saturated carbocycles. The summed E-state index contributed by atoms with van der Waals surface area (Å²) in [5.41, 5.74) is 1.23. The number of carbonyl (C=O) groups excluding carboxylic acids is 2. The highest BCUT2D eigenvalue weighted by Gasteiger charge is 2.31. The number of anilines is 1. The van der Waals surface area contributed by atoms with Crippen molar-refractivity contribution in [3.8, 4) is 11.5 Å². The minimum Gasteiger partial charge on any atom is -0.486 e. The molecule has 2 aromatic rings. The summed E-state index contributed by atoms with van der Waals surface area (Å²) in [4.78, 5) is 38.7. The van der Waals surface area contributed by atoms with Gasteiger partial charge in [0.05, 0.1) is 4.92 Å². The van der Waals surface area contributed by atoms with Crippen molar-refractivity contribution in [2.45, 2.75) is 31.7 Å². The summed E-state index contributed by atoms with van der Waals surface area (Å²) >= 11 is 0. The highest BCUT2D eigenvalue weighted by atomic mass is 16.6. The molecule has 0 radical (unpaired) electrons. The molecule has 1 aliphatic carbocycles. The van der Waals surface area contributed by atoms with Crippen molar-refractivity contribution in [2.24, 2.45) is 5.92 Å². The van der Waals surface area contributed by atoms with Gasteiger partial charge in [0.1, 0.15) is 18.9 Å². The number of ketones is 1. The number of fused-ring (bicyclic) bond motifs is 1. The molecule has 2 fully saturated rings. The Hall–Kier alpha value is -3.62. The number of carbonyl (C=O) groups is 2. The number of nitro benzene ring substituents is 1. The Morgan fingerprint density at radius 2 is 1.64 bits per heavy atom. The van der Waals surface area contributed by atoms with Crippen molar-refractivity contribution < 1.29 is 24.0 Å². The quantitative estimate of drug-likeness (QED) is 0.405. The Labute approximate surface area is 190 Å². The average molecular weight is 451 g/mol. The third-order valence-electron chi connectivity index (χ3n) is 6.36. The number of hydrogen-bond donors (Lipinski definition) is 1. The van der Waals surface area contributed by atoms with Crippen molar-refractivity contribution in [2.75, 3.05) is 31.6 Å². The van der Waals surface area contributed by atoms with E-state index in [0.717, 1.165) is 12.8 Å². The lowest BCUT2D eigenvalue weighted by Gasteiger charge is -2.31. The van der Waals surface area contributed by atoms with Gasteiger partial charge in [-0.1, -0.05) is 0 Å². The molecule has 0 bridgehead atoms. The Balaban J connectivity index is 1.23. The number of ether oxygens (including phenoxy) is 2. The number of amides is 1. The van der Waals surface area contributed by atoms with Gasteiger partial charge >= 0.3 is 0 Å². The van der Waals surface area contributed by atoms with Crippen LogP contribution in [0.2, 0.25) is 0 Å². The number of piperidine rings is 1. The van der Waals surface area contributed by atoms with Crippen LogP contribution in [-0.4, -0.2) is 53.9 Å². The number of rotatable bonds is 6. The third kappa shape index (κ3) is 4.48. The molecular weight excluding hydrogens is 426 g/mol. The van der Waals surface area contributed by atoms with Crippen LogP contribution in [0.4, 0.5) is 11.4 Å². The molecule has 172 valence electrons. The maximum absolute atomic E-state index is 13.0. The second-order valence-electron chi connectivity index (χ2n) is 8.70. The van der Waals surface area contributed by atoms with Crippen LogP contribution in [0.1, 0.15) is 46.4 Å². The average Bonchev–Trinajstić information content (AvgIpc) is 3.67. The molecule has 1 N–H and O–H groups in total. The highest BCUT2D eigenvalue weighted by Crippen LogP contribution is 2.34. The van der Waals surface area contributed by atoms with Crippen LogP contribution >= 0.6 is 0 Å². The Kier molecular flexibility index (Phi) is 5.62. The number of hydrogen-bond acceptors (Lipinski definition) is 7. The van der Waals surface area contributed by atoms with E-state index in [1.807, 2.05) is 0 Å². The minimum absolute atomic E-state index is 0.0326. The van der Waals surface area contributed by atoms with Gasteiger partial charge < -0.3 is 19.7 Å². The van der Waals surface area contributed by atoms with Crippen LogP contribution in [0.5, 0.6) is 11.5 Å². The fourth-order valence-electron chi connectivity index (χ4n) is 4.35. The topological polar surface area (TPSA) is 111 Å². The molecule has 2 aliphatic heterocycles. The summed E-state index contributed by atoms with van der Waals surface area (Å²) in [6, 6.07) is 10.1. The van der Waals surface area contributed by atoms with E-state index in [1.165, 1.54) is 6.07 Å². The number of Topliss-reactive ketones (excluding diaryl/α,β-unsaturated/α-hetero) is 1. The molecule has 0 aromatic heterocycles. The minimum atomic E-state index is -0.459. The first-order valence-electron chi connectivity index (χ1n) is 11.3. The van der Waals surface area contributed by atoms with Crippen LogP contribution < -0.4 is 14.8 Å². The molecule has 33 heavy (non-hydrogen) atoms. The summed E-state index contributed by atoms with van der Waals surface area (Å²) in [7, 11) is 0. The predicted octanol–water partition coefficient (Wildman–Crippen LogP) is 3.68. The summed E-state index contributed by atoms with van der Waals surface area (Å²) < 4.78 is 11.1. The van der Waals surface area contributed by atoms with Gasteiger partial charge in [0.25, 0.3) is 11.6 Å². The summed E-state index contributed by atoms with van der Waals surface area (Å²) in [6.07, 6.45) is 3.08. The van der Waals surface area contributed by atoms with Gasteiger partial charge in [-0.05, 0) is 56.0 Å². The number of nitrogens with zero attached hydrogens (tertiary/aromatic N) is 2. The Morgan fingerprint density at radius 3 is 2.33 bits per heavy atom. The molecule has 9 nitrogen and oxygen atoms in total. The third-order valence-corrected chi connectivity index (χ3v) is 6.36. The first-order valence-corrected chi connectivity index (χ1v) is 11.3.